The summed E-state index contributed by atoms with van der Waals surface area (Å²) in [5.41, 5.74) is 2.16. The highest BCUT2D eigenvalue weighted by molar-refractivity contribution is 6.56. The van der Waals surface area contributed by atoms with E-state index in [1.807, 2.05) is 6.20 Å². The van der Waals surface area contributed by atoms with Gasteiger partial charge in [-0.3, -0.25) is 9.48 Å². The monoisotopic (exact) mass is 635 g/mol. The predicted octanol–water partition coefficient (Wildman–Crippen LogP) is 6.38. The number of aryl methyl sites for hydroxylation is 1. The fourth-order valence-electron chi connectivity index (χ4n) is 5.36. The number of halogens is 4. The predicted molar refractivity (Wildman–Crippen MR) is 156 cm³/mol. The zero-order chi connectivity index (χ0) is 31.7. The molecule has 3 N–H and O–H groups in total. The van der Waals surface area contributed by atoms with E-state index in [-0.39, 0.29) is 6.04 Å². The van der Waals surface area contributed by atoms with Crippen LogP contribution in [0, 0.1) is 5.82 Å². The number of unbranched alkanes of at least 4 members (excludes halogenated alkanes) is 8. The van der Waals surface area contributed by atoms with E-state index in [0.717, 1.165) is 75.1 Å². The van der Waals surface area contributed by atoms with Crippen molar-refractivity contribution >= 4 is 14.8 Å². The second kappa shape index (κ2) is 15.1. The zero-order valence-electron chi connectivity index (χ0n) is 24.2. The fourth-order valence-corrected chi connectivity index (χ4v) is 6.08. The molecule has 0 amide bonds. The van der Waals surface area contributed by atoms with Gasteiger partial charge in [0.05, 0.1) is 12.1 Å². The number of carbonyl (C=O) groups is 1. The molecule has 8 nitrogen and oxygen atoms in total. The number of benzene rings is 2. The Morgan fingerprint density at radius 2 is 1.39 bits per heavy atom. The van der Waals surface area contributed by atoms with Crippen molar-refractivity contribution in [2.45, 2.75) is 88.4 Å². The molecule has 13 heteroatoms. The highest BCUT2D eigenvalue weighted by atomic mass is 28.4. The maximum Gasteiger partial charge on any atom is 0.492 e. The van der Waals surface area contributed by atoms with Crippen molar-refractivity contribution in [1.82, 2.24) is 15.0 Å². The van der Waals surface area contributed by atoms with Gasteiger partial charge in [0, 0.05) is 24.1 Å². The first kappa shape index (κ1) is 33.5. The zero-order valence-corrected chi connectivity index (χ0v) is 25.2. The molecule has 3 aromatic rings. The summed E-state index contributed by atoms with van der Waals surface area (Å²) in [4.78, 5) is 39.8. The van der Waals surface area contributed by atoms with Crippen molar-refractivity contribution in [3.63, 3.8) is 0 Å². The number of hydrogen-bond donors (Lipinski definition) is 3. The maximum atomic E-state index is 13.5. The molecule has 0 fully saturated rings. The van der Waals surface area contributed by atoms with Crippen molar-refractivity contribution in [2.24, 2.45) is 0 Å². The fraction of sp³-hybridized carbons (Fsp3) is 0.452. The lowest BCUT2D eigenvalue weighted by Gasteiger charge is -2.30. The standard InChI is InChI=1S/C31H37F4N3O5Si/c32-25-16-14-24(15-17-25)29-26(20-28(31(33,34)35)43-30(29)39)22-10-12-23(13-11-22)27-21-38(37-36-27)18-8-6-4-2-1-3-5-7-9-19-44(40,41)42/h10-17,20-21,26,29,40-42H,1-9,18-19H2/t26-,29-/m0/s1. The summed E-state index contributed by atoms with van der Waals surface area (Å²) in [6.07, 6.45) is 6.82. The first-order chi connectivity index (χ1) is 20.9. The Morgan fingerprint density at radius 1 is 0.818 bits per heavy atom. The average Bonchev–Trinajstić information content (AvgIpc) is 3.44. The average molecular weight is 636 g/mol. The molecule has 2 aromatic carbocycles. The number of alkyl halides is 3. The van der Waals surface area contributed by atoms with Crippen LogP contribution in [0.4, 0.5) is 17.6 Å². The van der Waals surface area contributed by atoms with E-state index in [0.29, 0.717) is 29.8 Å². The third kappa shape index (κ3) is 9.81. The lowest BCUT2D eigenvalue weighted by atomic mass is 9.79. The Labute approximate surface area is 254 Å². The molecular formula is C31H37F4N3O5Si. The number of allylic oxidation sites excluding steroid dienone is 2. The highest BCUT2D eigenvalue weighted by Gasteiger charge is 2.45. The molecule has 4 rings (SSSR count). The van der Waals surface area contributed by atoms with Gasteiger partial charge in [-0.2, -0.15) is 13.2 Å². The Hall–Kier alpha value is -3.39. The number of esters is 1. The van der Waals surface area contributed by atoms with Gasteiger partial charge in [0.25, 0.3) is 0 Å². The topological polar surface area (TPSA) is 118 Å². The van der Waals surface area contributed by atoms with E-state index < -0.39 is 44.4 Å². The van der Waals surface area contributed by atoms with Gasteiger partial charge < -0.3 is 19.1 Å². The summed E-state index contributed by atoms with van der Waals surface area (Å²) >= 11 is 0. The number of ether oxygens (including phenoxy) is 1. The first-order valence-corrected chi connectivity index (χ1v) is 16.9. The molecule has 0 aliphatic carbocycles. The second-order valence-corrected chi connectivity index (χ2v) is 13.2. The number of cyclic esters (lactones) is 1. The second-order valence-electron chi connectivity index (χ2n) is 11.2. The lowest BCUT2D eigenvalue weighted by molar-refractivity contribution is -0.164. The van der Waals surface area contributed by atoms with Gasteiger partial charge in [0.1, 0.15) is 11.5 Å². The van der Waals surface area contributed by atoms with Gasteiger partial charge >= 0.3 is 21.0 Å². The van der Waals surface area contributed by atoms with Crippen LogP contribution in [0.3, 0.4) is 0 Å². The van der Waals surface area contributed by atoms with E-state index in [9.17, 15) is 22.4 Å². The smallest absolute Gasteiger partial charge is 0.421 e. The molecule has 0 spiro atoms. The van der Waals surface area contributed by atoms with E-state index in [1.165, 1.54) is 12.1 Å². The Balaban J connectivity index is 1.29. The van der Waals surface area contributed by atoms with Crippen LogP contribution in [0.25, 0.3) is 11.3 Å². The van der Waals surface area contributed by atoms with Crippen LogP contribution in [-0.4, -0.2) is 50.3 Å². The number of aromatic nitrogens is 3. The van der Waals surface area contributed by atoms with Crippen molar-refractivity contribution in [2.75, 3.05) is 0 Å². The number of rotatable bonds is 15. The van der Waals surface area contributed by atoms with Crippen molar-refractivity contribution in [3.05, 3.63) is 83.5 Å². The molecule has 1 aliphatic rings. The number of nitrogens with zero attached hydrogens (tertiary/aromatic N) is 3. The molecule has 0 bridgehead atoms. The van der Waals surface area contributed by atoms with E-state index >= 15 is 0 Å². The molecule has 0 radical (unpaired) electrons. The Kier molecular flexibility index (Phi) is 11.5. The molecule has 0 saturated heterocycles. The Bertz CT molecular complexity index is 1390. The molecule has 2 atom stereocenters. The number of carbonyl (C=O) groups excluding carboxylic acids is 1. The van der Waals surface area contributed by atoms with E-state index in [2.05, 4.69) is 15.0 Å². The van der Waals surface area contributed by atoms with E-state index in [1.54, 1.807) is 28.9 Å². The van der Waals surface area contributed by atoms with Crippen molar-refractivity contribution < 1.29 is 41.5 Å². The maximum absolute atomic E-state index is 13.5. The summed E-state index contributed by atoms with van der Waals surface area (Å²) in [5, 5.41) is 8.43. The van der Waals surface area contributed by atoms with Crippen molar-refractivity contribution in [1.29, 1.82) is 0 Å². The molecule has 1 aromatic heterocycles. The summed E-state index contributed by atoms with van der Waals surface area (Å²) in [5.74, 6) is -4.99. The van der Waals surface area contributed by atoms with Crippen LogP contribution in [0.1, 0.15) is 80.8 Å². The lowest BCUT2D eigenvalue weighted by Crippen LogP contribution is -2.33. The Morgan fingerprint density at radius 3 is 1.98 bits per heavy atom. The SMILES string of the molecule is O=C1OC(C(F)(F)F)=C[C@@H](c2ccc(-c3cn(CCCCCCCCCCC[Si](O)(O)O)nn3)cc2)[C@@H]1c1ccc(F)cc1. The van der Waals surface area contributed by atoms with Crippen LogP contribution < -0.4 is 0 Å². The summed E-state index contributed by atoms with van der Waals surface area (Å²) in [6.45, 7) is 0.703. The molecule has 1 aliphatic heterocycles. The summed E-state index contributed by atoms with van der Waals surface area (Å²) in [6, 6.07) is 11.9. The number of hydrogen-bond acceptors (Lipinski definition) is 7. The van der Waals surface area contributed by atoms with Crippen LogP contribution >= 0.6 is 0 Å². The van der Waals surface area contributed by atoms with Crippen LogP contribution in [0.2, 0.25) is 6.04 Å². The van der Waals surface area contributed by atoms with Gasteiger partial charge in [0.15, 0.2) is 0 Å². The minimum absolute atomic E-state index is 0.101. The molecule has 0 saturated carbocycles. The van der Waals surface area contributed by atoms with Crippen LogP contribution in [-0.2, 0) is 16.1 Å². The van der Waals surface area contributed by atoms with Crippen LogP contribution in [0.15, 0.2) is 66.6 Å². The van der Waals surface area contributed by atoms with Gasteiger partial charge in [-0.25, -0.2) is 4.39 Å². The van der Waals surface area contributed by atoms with Gasteiger partial charge in [0.2, 0.25) is 5.76 Å². The largest absolute Gasteiger partial charge is 0.492 e. The van der Waals surface area contributed by atoms with Gasteiger partial charge in [-0.1, -0.05) is 86.6 Å². The summed E-state index contributed by atoms with van der Waals surface area (Å²) < 4.78 is 60.4. The third-order valence-electron chi connectivity index (χ3n) is 7.69. The normalized spacial score (nSPS) is 17.4. The van der Waals surface area contributed by atoms with Crippen LogP contribution in [0.5, 0.6) is 0 Å². The molecule has 238 valence electrons. The van der Waals surface area contributed by atoms with Gasteiger partial charge in [-0.05, 0) is 42.2 Å². The molecular weight excluding hydrogens is 598 g/mol. The summed E-state index contributed by atoms with van der Waals surface area (Å²) in [7, 11) is -3.89. The van der Waals surface area contributed by atoms with Crippen molar-refractivity contribution in [3.8, 4) is 11.3 Å². The molecule has 0 unspecified atom stereocenters. The minimum Gasteiger partial charge on any atom is -0.421 e. The van der Waals surface area contributed by atoms with Gasteiger partial charge in [-0.15, -0.1) is 5.10 Å². The van der Waals surface area contributed by atoms with E-state index in [4.69, 9.17) is 14.4 Å². The highest BCUT2D eigenvalue weighted by Crippen LogP contribution is 2.43. The quantitative estimate of drug-likeness (QED) is 0.0768. The third-order valence-corrected chi connectivity index (χ3v) is 8.72. The minimum atomic E-state index is -4.83. The molecule has 2 heterocycles. The first-order valence-electron chi connectivity index (χ1n) is 14.8. The molecule has 44 heavy (non-hydrogen) atoms.